The zero-order valence-corrected chi connectivity index (χ0v) is 23.0. The summed E-state index contributed by atoms with van der Waals surface area (Å²) in [4.78, 5) is 26.8. The molecule has 0 saturated carbocycles. The van der Waals surface area contributed by atoms with Crippen molar-refractivity contribution in [2.24, 2.45) is 0 Å². The van der Waals surface area contributed by atoms with Crippen molar-refractivity contribution < 1.29 is 23.0 Å². The lowest BCUT2D eigenvalue weighted by Gasteiger charge is -2.10. The number of Topliss-reactive ketones (excluding diaryl/α,β-unsaturated/α-hetero) is 1. The maximum absolute atomic E-state index is 13.6. The Hall–Kier alpha value is -3.56. The van der Waals surface area contributed by atoms with Crippen molar-refractivity contribution >= 4 is 45.2 Å². The zero-order chi connectivity index (χ0) is 27.2. The molecule has 0 unspecified atom stereocenters. The van der Waals surface area contributed by atoms with Gasteiger partial charge in [0, 0.05) is 27.2 Å². The van der Waals surface area contributed by atoms with E-state index in [1.54, 1.807) is 55.7 Å². The molecule has 0 N–H and O–H groups in total. The monoisotopic (exact) mass is 599 g/mol. The predicted octanol–water partition coefficient (Wildman–Crippen LogP) is 5.17. The first kappa shape index (κ1) is 27.5. The van der Waals surface area contributed by atoms with Crippen LogP contribution in [-0.4, -0.2) is 30.5 Å². The van der Waals surface area contributed by atoms with Gasteiger partial charge >= 0.3 is 0 Å². The van der Waals surface area contributed by atoms with Gasteiger partial charge in [0.1, 0.15) is 22.8 Å². The number of methoxy groups -OCH3 is 1. The van der Waals surface area contributed by atoms with Gasteiger partial charge in [-0.1, -0.05) is 58.4 Å². The van der Waals surface area contributed by atoms with Crippen LogP contribution in [0.3, 0.4) is 0 Å². The summed E-state index contributed by atoms with van der Waals surface area (Å²) in [6, 6.07) is 19.4. The Balaban J connectivity index is 1.89. The molecule has 0 fully saturated rings. The number of alkyl halides is 2. The number of thiazole rings is 1. The average Bonchev–Trinajstić information content (AvgIpc) is 3.17. The molecule has 0 aliphatic carbocycles. The van der Waals surface area contributed by atoms with Gasteiger partial charge in [-0.3, -0.25) is 14.2 Å². The number of hydrogen-bond acceptors (Lipinski definition) is 5. The first-order valence-electron chi connectivity index (χ1n) is 11.6. The molecule has 1 aromatic heterocycles. The summed E-state index contributed by atoms with van der Waals surface area (Å²) >= 11 is 4.60. The highest BCUT2D eigenvalue weighted by Crippen LogP contribution is 2.23. The Morgan fingerprint density at radius 2 is 1.82 bits per heavy atom. The maximum atomic E-state index is 13.6. The largest absolute Gasteiger partial charge is 0.496 e. The smallest absolute Gasteiger partial charge is 0.272 e. The number of carbonyl (C=O) groups is 1. The predicted molar refractivity (Wildman–Crippen MR) is 149 cm³/mol. The molecule has 38 heavy (non-hydrogen) atoms. The van der Waals surface area contributed by atoms with Crippen molar-refractivity contribution in [2.45, 2.75) is 19.9 Å². The number of benzene rings is 3. The molecule has 4 aromatic rings. The minimum atomic E-state index is -2.63. The number of aryl methyl sites for hydroxylation is 1. The molecule has 5 nitrogen and oxygen atoms in total. The quantitative estimate of drug-likeness (QED) is 0.249. The number of ketones is 1. The van der Waals surface area contributed by atoms with E-state index in [4.69, 9.17) is 9.47 Å². The van der Waals surface area contributed by atoms with Crippen LogP contribution in [0.2, 0.25) is 0 Å². The van der Waals surface area contributed by atoms with Gasteiger partial charge in [0.25, 0.3) is 12.0 Å². The molecular weight excluding hydrogens is 576 g/mol. The molecule has 0 aliphatic heterocycles. The van der Waals surface area contributed by atoms with E-state index in [0.29, 0.717) is 26.1 Å². The van der Waals surface area contributed by atoms with Gasteiger partial charge in [-0.25, -0.2) is 8.78 Å². The number of hydrogen-bond donors (Lipinski definition) is 0. The van der Waals surface area contributed by atoms with Gasteiger partial charge in [0.15, 0.2) is 5.78 Å². The number of halogens is 3. The number of nitrogens with zero attached hydrogens (tertiary/aromatic N) is 1. The molecule has 0 bridgehead atoms. The summed E-state index contributed by atoms with van der Waals surface area (Å²) in [5.74, 6) is 0.604. The Labute approximate surface area is 230 Å². The standard InChI is InChI=1S/C29H24BrF2NO4S/c1-18-7-3-5-9-22(18)23(34)15-28-33(16-20-13-21(30)11-12-24(20)36-2)29(35)26(38-28)14-19-8-4-6-10-25(19)37-17-27(31)32/h3-15,27H,16-17H2,1-2H3/b26-14+,28-15-. The molecule has 0 radical (unpaired) electrons. The summed E-state index contributed by atoms with van der Waals surface area (Å²) in [5.41, 5.74) is 2.26. The fraction of sp³-hybridized carbons (Fsp3) is 0.172. The van der Waals surface area contributed by atoms with Crippen molar-refractivity contribution in [3.63, 3.8) is 0 Å². The molecule has 0 amide bonds. The van der Waals surface area contributed by atoms with Gasteiger partial charge in [-0.05, 0) is 42.8 Å². The summed E-state index contributed by atoms with van der Waals surface area (Å²) in [6.07, 6.45) is 0.420. The fourth-order valence-corrected chi connectivity index (χ4v) is 5.34. The Morgan fingerprint density at radius 3 is 2.55 bits per heavy atom. The third-order valence-corrected chi connectivity index (χ3v) is 7.30. The second-order valence-corrected chi connectivity index (χ2v) is 10.3. The second kappa shape index (κ2) is 12.3. The first-order valence-corrected chi connectivity index (χ1v) is 13.2. The molecule has 3 aromatic carbocycles. The number of para-hydroxylation sites is 1. The lowest BCUT2D eigenvalue weighted by atomic mass is 10.1. The van der Waals surface area contributed by atoms with Gasteiger partial charge in [-0.2, -0.15) is 0 Å². The summed E-state index contributed by atoms with van der Waals surface area (Å²) in [6.45, 7) is 1.25. The average molecular weight is 600 g/mol. The number of carbonyl (C=O) groups excluding carboxylic acids is 1. The van der Waals surface area contributed by atoms with Crippen molar-refractivity contribution in [3.8, 4) is 11.5 Å². The Kier molecular flexibility index (Phi) is 8.91. The van der Waals surface area contributed by atoms with E-state index in [1.165, 1.54) is 10.6 Å². The van der Waals surface area contributed by atoms with Crippen LogP contribution in [0.5, 0.6) is 11.5 Å². The van der Waals surface area contributed by atoms with Gasteiger partial charge in [0.05, 0.1) is 18.2 Å². The van der Waals surface area contributed by atoms with E-state index in [9.17, 15) is 18.4 Å². The maximum Gasteiger partial charge on any atom is 0.272 e. The highest BCUT2D eigenvalue weighted by Gasteiger charge is 2.13. The molecular formula is C29H24BrF2NO4S. The molecule has 9 heteroatoms. The third kappa shape index (κ3) is 6.46. The van der Waals surface area contributed by atoms with E-state index in [1.807, 2.05) is 31.2 Å². The van der Waals surface area contributed by atoms with Crippen molar-refractivity contribution in [1.82, 2.24) is 4.57 Å². The third-order valence-electron chi connectivity index (χ3n) is 5.74. The number of ether oxygens (including phenoxy) is 2. The number of aromatic nitrogens is 1. The van der Waals surface area contributed by atoms with E-state index in [2.05, 4.69) is 15.9 Å². The SMILES string of the molecule is COc1ccc(Br)cc1Cn1c(=O)/c(=C\c2ccccc2OCC(F)F)s/c1=C\C(=O)c1ccccc1C. The molecule has 4 rings (SSSR count). The highest BCUT2D eigenvalue weighted by molar-refractivity contribution is 9.10. The first-order chi connectivity index (χ1) is 18.3. The van der Waals surface area contributed by atoms with E-state index in [-0.39, 0.29) is 23.6 Å². The van der Waals surface area contributed by atoms with Crippen molar-refractivity contribution in [3.05, 3.63) is 113 Å². The van der Waals surface area contributed by atoms with Gasteiger partial charge < -0.3 is 9.47 Å². The molecule has 0 saturated heterocycles. The van der Waals surface area contributed by atoms with Gasteiger partial charge in [0.2, 0.25) is 0 Å². The van der Waals surface area contributed by atoms with Crippen LogP contribution in [0.4, 0.5) is 8.78 Å². The van der Waals surface area contributed by atoms with Crippen LogP contribution >= 0.6 is 27.3 Å². The molecule has 0 aliphatic rings. The topological polar surface area (TPSA) is 57.5 Å². The van der Waals surface area contributed by atoms with Crippen LogP contribution in [0, 0.1) is 6.92 Å². The Morgan fingerprint density at radius 1 is 1.08 bits per heavy atom. The summed E-state index contributed by atoms with van der Waals surface area (Å²) in [7, 11) is 1.55. The molecule has 0 spiro atoms. The van der Waals surface area contributed by atoms with E-state index in [0.717, 1.165) is 26.9 Å². The highest BCUT2D eigenvalue weighted by atomic mass is 79.9. The normalized spacial score (nSPS) is 12.3. The van der Waals surface area contributed by atoms with E-state index >= 15 is 0 Å². The van der Waals surface area contributed by atoms with Gasteiger partial charge in [-0.15, -0.1) is 11.3 Å². The van der Waals surface area contributed by atoms with Crippen LogP contribution < -0.4 is 24.2 Å². The van der Waals surface area contributed by atoms with Crippen LogP contribution in [0.15, 0.2) is 76.0 Å². The molecule has 1 heterocycles. The Bertz CT molecular complexity index is 1650. The second-order valence-electron chi connectivity index (χ2n) is 8.36. The van der Waals surface area contributed by atoms with Crippen molar-refractivity contribution in [1.29, 1.82) is 0 Å². The fourth-order valence-electron chi connectivity index (χ4n) is 3.90. The molecule has 0 atom stereocenters. The lowest BCUT2D eigenvalue weighted by Crippen LogP contribution is -2.32. The minimum absolute atomic E-state index is 0.155. The number of rotatable bonds is 9. The van der Waals surface area contributed by atoms with Crippen LogP contribution in [0.25, 0.3) is 12.2 Å². The van der Waals surface area contributed by atoms with Crippen LogP contribution in [0.1, 0.15) is 27.0 Å². The van der Waals surface area contributed by atoms with Crippen LogP contribution in [-0.2, 0) is 6.54 Å². The zero-order valence-electron chi connectivity index (χ0n) is 20.6. The lowest BCUT2D eigenvalue weighted by molar-refractivity contribution is 0.0818. The minimum Gasteiger partial charge on any atom is -0.496 e. The summed E-state index contributed by atoms with van der Waals surface area (Å²) < 4.78 is 39.3. The van der Waals surface area contributed by atoms with E-state index < -0.39 is 13.0 Å². The summed E-state index contributed by atoms with van der Waals surface area (Å²) in [5, 5.41) is 0. The molecule has 196 valence electrons. The van der Waals surface area contributed by atoms with Crippen molar-refractivity contribution in [2.75, 3.05) is 13.7 Å².